The average molecular weight is 246 g/mol. The Kier molecular flexibility index (Phi) is 3.67. The lowest BCUT2D eigenvalue weighted by molar-refractivity contribution is 0.276. The third kappa shape index (κ3) is 2.38. The van der Waals surface area contributed by atoms with Crippen molar-refractivity contribution in [3.63, 3.8) is 0 Å². The van der Waals surface area contributed by atoms with Gasteiger partial charge >= 0.3 is 0 Å². The van der Waals surface area contributed by atoms with Gasteiger partial charge in [0, 0.05) is 5.69 Å². The highest BCUT2D eigenvalue weighted by molar-refractivity contribution is 5.39. The Morgan fingerprint density at radius 2 is 1.94 bits per heavy atom. The fourth-order valence-corrected chi connectivity index (χ4v) is 1.87. The molecule has 0 radical (unpaired) electrons. The number of hydrogen-bond donors (Lipinski definition) is 1. The Morgan fingerprint density at radius 1 is 1.28 bits per heavy atom. The third-order valence-corrected chi connectivity index (χ3v) is 2.86. The van der Waals surface area contributed by atoms with Crippen LogP contribution in [0.3, 0.4) is 0 Å². The van der Waals surface area contributed by atoms with E-state index in [9.17, 15) is 5.11 Å². The summed E-state index contributed by atoms with van der Waals surface area (Å²) in [5, 5.41) is 13.6. The summed E-state index contributed by atoms with van der Waals surface area (Å²) in [6.45, 7) is 4.18. The molecule has 1 aromatic carbocycles. The zero-order valence-electron chi connectivity index (χ0n) is 10.9. The molecule has 0 aliphatic rings. The van der Waals surface area contributed by atoms with Gasteiger partial charge in [-0.1, -0.05) is 13.8 Å². The van der Waals surface area contributed by atoms with Gasteiger partial charge in [-0.15, -0.1) is 0 Å². The Morgan fingerprint density at radius 3 is 2.44 bits per heavy atom. The van der Waals surface area contributed by atoms with E-state index in [1.54, 1.807) is 7.11 Å². The lowest BCUT2D eigenvalue weighted by Crippen LogP contribution is -2.03. The first-order chi connectivity index (χ1) is 8.65. The van der Waals surface area contributed by atoms with E-state index in [1.807, 2.05) is 35.0 Å². The van der Waals surface area contributed by atoms with Gasteiger partial charge in [-0.3, -0.25) is 0 Å². The molecule has 0 unspecified atom stereocenters. The molecule has 0 amide bonds. The van der Waals surface area contributed by atoms with Crippen LogP contribution >= 0.6 is 0 Å². The summed E-state index contributed by atoms with van der Waals surface area (Å²) >= 11 is 0. The Bertz CT molecular complexity index is 515. The van der Waals surface area contributed by atoms with Crippen LogP contribution in [0.1, 0.15) is 31.2 Å². The standard InChI is InChI=1S/C14H18N2O2/c1-10(2)14-8-11(9-17)15-16(14)12-4-6-13(18-3)7-5-12/h4-8,10,17H,9H2,1-3H3. The molecule has 0 aliphatic carbocycles. The summed E-state index contributed by atoms with van der Waals surface area (Å²) in [6.07, 6.45) is 0. The minimum Gasteiger partial charge on any atom is -0.497 e. The summed E-state index contributed by atoms with van der Waals surface area (Å²) in [5.74, 6) is 1.17. The van der Waals surface area contributed by atoms with Gasteiger partial charge in [0.2, 0.25) is 0 Å². The number of rotatable bonds is 4. The van der Waals surface area contributed by atoms with Crippen molar-refractivity contribution in [1.29, 1.82) is 0 Å². The van der Waals surface area contributed by atoms with Crippen LogP contribution in [0.4, 0.5) is 0 Å². The molecule has 1 heterocycles. The number of aliphatic hydroxyl groups excluding tert-OH is 1. The van der Waals surface area contributed by atoms with Gasteiger partial charge in [-0.05, 0) is 36.2 Å². The molecule has 0 saturated carbocycles. The van der Waals surface area contributed by atoms with Crippen LogP contribution < -0.4 is 4.74 Å². The minimum atomic E-state index is -0.0388. The topological polar surface area (TPSA) is 47.3 Å². The van der Waals surface area contributed by atoms with Gasteiger partial charge in [0.15, 0.2) is 0 Å². The van der Waals surface area contributed by atoms with Crippen LogP contribution in [0.15, 0.2) is 30.3 Å². The van der Waals surface area contributed by atoms with Crippen molar-refractivity contribution in [3.05, 3.63) is 41.7 Å². The Hall–Kier alpha value is -1.81. The van der Waals surface area contributed by atoms with E-state index in [0.29, 0.717) is 11.6 Å². The van der Waals surface area contributed by atoms with Crippen molar-refractivity contribution in [3.8, 4) is 11.4 Å². The SMILES string of the molecule is COc1ccc(-n2nc(CO)cc2C(C)C)cc1. The molecule has 1 N–H and O–H groups in total. The predicted molar refractivity (Wildman–Crippen MR) is 70.1 cm³/mol. The maximum atomic E-state index is 9.19. The molecule has 18 heavy (non-hydrogen) atoms. The molecule has 1 aromatic heterocycles. The van der Waals surface area contributed by atoms with E-state index >= 15 is 0 Å². The summed E-state index contributed by atoms with van der Waals surface area (Å²) in [6, 6.07) is 9.66. The van der Waals surface area contributed by atoms with E-state index in [2.05, 4.69) is 18.9 Å². The van der Waals surface area contributed by atoms with Crippen LogP contribution in [0.25, 0.3) is 5.69 Å². The first kappa shape index (κ1) is 12.6. The fourth-order valence-electron chi connectivity index (χ4n) is 1.87. The monoisotopic (exact) mass is 246 g/mol. The fraction of sp³-hybridized carbons (Fsp3) is 0.357. The number of benzene rings is 1. The predicted octanol–water partition coefficient (Wildman–Crippen LogP) is 2.50. The zero-order valence-corrected chi connectivity index (χ0v) is 10.9. The highest BCUT2D eigenvalue weighted by Crippen LogP contribution is 2.22. The Balaban J connectivity index is 2.44. The number of nitrogens with zero attached hydrogens (tertiary/aromatic N) is 2. The largest absolute Gasteiger partial charge is 0.497 e. The molecule has 2 aromatic rings. The number of hydrogen-bond acceptors (Lipinski definition) is 3. The van der Waals surface area contributed by atoms with Crippen molar-refractivity contribution < 1.29 is 9.84 Å². The maximum Gasteiger partial charge on any atom is 0.119 e. The van der Waals surface area contributed by atoms with E-state index in [1.165, 1.54) is 0 Å². The first-order valence-electron chi connectivity index (χ1n) is 6.00. The van der Waals surface area contributed by atoms with Gasteiger partial charge < -0.3 is 9.84 Å². The molecular weight excluding hydrogens is 228 g/mol. The quantitative estimate of drug-likeness (QED) is 0.901. The highest BCUT2D eigenvalue weighted by Gasteiger charge is 2.12. The first-order valence-corrected chi connectivity index (χ1v) is 6.00. The smallest absolute Gasteiger partial charge is 0.119 e. The van der Waals surface area contributed by atoms with Crippen LogP contribution in [-0.4, -0.2) is 22.0 Å². The van der Waals surface area contributed by atoms with Gasteiger partial charge in [-0.25, -0.2) is 4.68 Å². The summed E-state index contributed by atoms with van der Waals surface area (Å²) in [7, 11) is 1.65. The number of methoxy groups -OCH3 is 1. The normalized spacial score (nSPS) is 10.9. The summed E-state index contributed by atoms with van der Waals surface area (Å²) < 4.78 is 7.01. The number of ether oxygens (including phenoxy) is 1. The number of aromatic nitrogens is 2. The summed E-state index contributed by atoms with van der Waals surface area (Å²) in [4.78, 5) is 0. The average Bonchev–Trinajstić information content (AvgIpc) is 2.83. The van der Waals surface area contributed by atoms with Crippen molar-refractivity contribution >= 4 is 0 Å². The zero-order chi connectivity index (χ0) is 13.1. The second kappa shape index (κ2) is 5.23. The molecular formula is C14H18N2O2. The van der Waals surface area contributed by atoms with Crippen LogP contribution in [0.5, 0.6) is 5.75 Å². The van der Waals surface area contributed by atoms with E-state index in [-0.39, 0.29) is 6.61 Å². The van der Waals surface area contributed by atoms with Gasteiger partial charge in [0.25, 0.3) is 0 Å². The van der Waals surface area contributed by atoms with Crippen LogP contribution in [0, 0.1) is 0 Å². The molecule has 0 spiro atoms. The van der Waals surface area contributed by atoms with Gasteiger partial charge in [0.05, 0.1) is 25.1 Å². The molecule has 96 valence electrons. The lowest BCUT2D eigenvalue weighted by atomic mass is 10.1. The maximum absolute atomic E-state index is 9.19. The lowest BCUT2D eigenvalue weighted by Gasteiger charge is -2.10. The molecule has 0 fully saturated rings. The molecule has 4 heteroatoms. The van der Waals surface area contributed by atoms with Crippen LogP contribution in [0.2, 0.25) is 0 Å². The second-order valence-electron chi connectivity index (χ2n) is 4.48. The van der Waals surface area contributed by atoms with E-state index in [0.717, 1.165) is 17.1 Å². The van der Waals surface area contributed by atoms with Crippen molar-refractivity contribution in [2.75, 3.05) is 7.11 Å². The highest BCUT2D eigenvalue weighted by atomic mass is 16.5. The van der Waals surface area contributed by atoms with Crippen molar-refractivity contribution in [2.45, 2.75) is 26.4 Å². The second-order valence-corrected chi connectivity index (χ2v) is 4.48. The number of aliphatic hydroxyl groups is 1. The van der Waals surface area contributed by atoms with Gasteiger partial charge in [-0.2, -0.15) is 5.10 Å². The van der Waals surface area contributed by atoms with E-state index in [4.69, 9.17) is 4.74 Å². The molecule has 0 bridgehead atoms. The molecule has 4 nitrogen and oxygen atoms in total. The van der Waals surface area contributed by atoms with E-state index < -0.39 is 0 Å². The molecule has 0 saturated heterocycles. The molecule has 0 aliphatic heterocycles. The summed E-state index contributed by atoms with van der Waals surface area (Å²) in [5.41, 5.74) is 2.75. The third-order valence-electron chi connectivity index (χ3n) is 2.86. The minimum absolute atomic E-state index is 0.0388. The Labute approximate surface area is 107 Å². The van der Waals surface area contributed by atoms with Crippen LogP contribution in [-0.2, 0) is 6.61 Å². The molecule has 0 atom stereocenters. The molecule has 2 rings (SSSR count). The van der Waals surface area contributed by atoms with Crippen molar-refractivity contribution in [1.82, 2.24) is 9.78 Å². The van der Waals surface area contributed by atoms with Crippen molar-refractivity contribution in [2.24, 2.45) is 0 Å². The van der Waals surface area contributed by atoms with Gasteiger partial charge in [0.1, 0.15) is 5.75 Å².